The van der Waals surface area contributed by atoms with Crippen molar-refractivity contribution in [2.75, 3.05) is 31.5 Å². The van der Waals surface area contributed by atoms with E-state index >= 15 is 0 Å². The van der Waals surface area contributed by atoms with E-state index in [0.29, 0.717) is 19.6 Å². The van der Waals surface area contributed by atoms with Gasteiger partial charge in [0.25, 0.3) is 5.91 Å². The molecule has 1 saturated heterocycles. The lowest BCUT2D eigenvalue weighted by Crippen LogP contribution is -2.48. The van der Waals surface area contributed by atoms with Crippen molar-refractivity contribution in [1.82, 2.24) is 24.8 Å². The third-order valence-electron chi connectivity index (χ3n) is 4.50. The van der Waals surface area contributed by atoms with Gasteiger partial charge in [0.2, 0.25) is 5.95 Å². The summed E-state index contributed by atoms with van der Waals surface area (Å²) in [6, 6.07) is 10.1. The first kappa shape index (κ1) is 19.9. The summed E-state index contributed by atoms with van der Waals surface area (Å²) < 4.78 is 14.2. The number of nitrogens with one attached hydrogen (secondary N) is 1. The van der Waals surface area contributed by atoms with E-state index in [2.05, 4.69) is 41.1 Å². The van der Waals surface area contributed by atoms with Gasteiger partial charge in [-0.1, -0.05) is 23.5 Å². The topological polar surface area (TPSA) is 74.2 Å². The molecule has 10 heteroatoms. The quantitative estimate of drug-likeness (QED) is 0.567. The standard InChI is InChI=1S/C19H18BrFN6OS/c20-15-11-22-19(29-15)25-17-6-1-3-13(23-17)12-26-7-9-27(10-8-26)18(28)14-4-2-5-16(21)24-14/h1-6,11H,7-10,12H2,(H,22,23,25). The molecule has 1 N–H and O–H groups in total. The molecule has 4 rings (SSSR count). The Kier molecular flexibility index (Phi) is 6.12. The van der Waals surface area contributed by atoms with Crippen molar-refractivity contribution in [3.05, 3.63) is 63.7 Å². The van der Waals surface area contributed by atoms with Crippen LogP contribution in [0.4, 0.5) is 15.3 Å². The second-order valence-electron chi connectivity index (χ2n) is 6.52. The van der Waals surface area contributed by atoms with Crippen molar-refractivity contribution < 1.29 is 9.18 Å². The number of aromatic nitrogens is 3. The minimum absolute atomic E-state index is 0.146. The fourth-order valence-corrected chi connectivity index (χ4v) is 4.20. The molecule has 0 bridgehead atoms. The van der Waals surface area contributed by atoms with Crippen molar-refractivity contribution in [2.24, 2.45) is 0 Å². The SMILES string of the molecule is O=C(c1cccc(F)n1)N1CCN(Cc2cccc(Nc3ncc(Br)s3)n2)CC1. The summed E-state index contributed by atoms with van der Waals surface area (Å²) in [6.07, 6.45) is 1.75. The van der Waals surface area contributed by atoms with Gasteiger partial charge in [0.1, 0.15) is 11.5 Å². The molecule has 0 spiro atoms. The first-order valence-electron chi connectivity index (χ1n) is 9.05. The van der Waals surface area contributed by atoms with Crippen molar-refractivity contribution >= 4 is 44.1 Å². The largest absolute Gasteiger partial charge is 0.335 e. The van der Waals surface area contributed by atoms with Crippen LogP contribution in [0.15, 0.2) is 46.4 Å². The van der Waals surface area contributed by atoms with Crippen LogP contribution in [0.2, 0.25) is 0 Å². The van der Waals surface area contributed by atoms with Crippen LogP contribution in [-0.4, -0.2) is 56.8 Å². The summed E-state index contributed by atoms with van der Waals surface area (Å²) in [7, 11) is 0. The second-order valence-corrected chi connectivity index (χ2v) is 8.93. The fraction of sp³-hybridized carbons (Fsp3) is 0.263. The molecule has 3 aromatic heterocycles. The van der Waals surface area contributed by atoms with Gasteiger partial charge in [-0.2, -0.15) is 4.39 Å². The van der Waals surface area contributed by atoms with Crippen LogP contribution in [0.1, 0.15) is 16.2 Å². The summed E-state index contributed by atoms with van der Waals surface area (Å²) in [6.45, 7) is 3.28. The fourth-order valence-electron chi connectivity index (χ4n) is 3.09. The summed E-state index contributed by atoms with van der Waals surface area (Å²) in [5.41, 5.74) is 1.09. The molecule has 4 heterocycles. The number of amides is 1. The van der Waals surface area contributed by atoms with Crippen LogP contribution in [0.3, 0.4) is 0 Å². The van der Waals surface area contributed by atoms with Gasteiger partial charge >= 0.3 is 0 Å². The Morgan fingerprint density at radius 2 is 1.93 bits per heavy atom. The molecule has 0 radical (unpaired) electrons. The molecule has 3 aromatic rings. The average Bonchev–Trinajstić information content (AvgIpc) is 3.13. The zero-order chi connectivity index (χ0) is 20.2. The van der Waals surface area contributed by atoms with Gasteiger partial charge < -0.3 is 10.2 Å². The van der Waals surface area contributed by atoms with E-state index in [1.54, 1.807) is 17.2 Å². The van der Waals surface area contributed by atoms with E-state index in [1.807, 2.05) is 18.2 Å². The number of nitrogens with zero attached hydrogens (tertiary/aromatic N) is 5. The first-order valence-corrected chi connectivity index (χ1v) is 10.7. The Morgan fingerprint density at radius 3 is 2.66 bits per heavy atom. The van der Waals surface area contributed by atoms with Gasteiger partial charge in [-0.15, -0.1) is 0 Å². The first-order chi connectivity index (χ1) is 14.1. The van der Waals surface area contributed by atoms with Crippen LogP contribution < -0.4 is 5.32 Å². The maximum absolute atomic E-state index is 13.3. The zero-order valence-electron chi connectivity index (χ0n) is 15.4. The number of rotatable bonds is 5. The van der Waals surface area contributed by atoms with Gasteiger partial charge in [-0.25, -0.2) is 15.0 Å². The summed E-state index contributed by atoms with van der Waals surface area (Å²) in [4.78, 5) is 29.0. The second kappa shape index (κ2) is 8.93. The smallest absolute Gasteiger partial charge is 0.272 e. The number of thiazole rings is 1. The van der Waals surface area contributed by atoms with E-state index in [4.69, 9.17) is 0 Å². The highest BCUT2D eigenvalue weighted by Crippen LogP contribution is 2.25. The third-order valence-corrected chi connectivity index (χ3v) is 5.89. The molecule has 150 valence electrons. The molecule has 0 aliphatic carbocycles. The average molecular weight is 477 g/mol. The van der Waals surface area contributed by atoms with E-state index in [0.717, 1.165) is 33.5 Å². The van der Waals surface area contributed by atoms with Crippen LogP contribution in [0.25, 0.3) is 0 Å². The Labute approximate surface area is 179 Å². The van der Waals surface area contributed by atoms with E-state index < -0.39 is 5.95 Å². The predicted octanol–water partition coefficient (Wildman–Crippen LogP) is 3.54. The van der Waals surface area contributed by atoms with Gasteiger partial charge in [0.05, 0.1) is 15.7 Å². The number of hydrogen-bond donors (Lipinski definition) is 1. The molecule has 0 saturated carbocycles. The van der Waals surface area contributed by atoms with Gasteiger partial charge in [0.15, 0.2) is 5.13 Å². The van der Waals surface area contributed by atoms with Crippen LogP contribution >= 0.6 is 27.3 Å². The predicted molar refractivity (Wildman–Crippen MR) is 113 cm³/mol. The Balaban J connectivity index is 1.32. The third kappa shape index (κ3) is 5.14. The molecule has 1 amide bonds. The maximum Gasteiger partial charge on any atom is 0.272 e. The minimum Gasteiger partial charge on any atom is -0.335 e. The van der Waals surface area contributed by atoms with Crippen molar-refractivity contribution in [1.29, 1.82) is 0 Å². The molecule has 29 heavy (non-hydrogen) atoms. The highest BCUT2D eigenvalue weighted by Gasteiger charge is 2.23. The van der Waals surface area contributed by atoms with E-state index in [9.17, 15) is 9.18 Å². The normalized spacial score (nSPS) is 14.8. The minimum atomic E-state index is -0.640. The highest BCUT2D eigenvalue weighted by atomic mass is 79.9. The number of carbonyl (C=O) groups is 1. The molecule has 1 aliphatic heterocycles. The van der Waals surface area contributed by atoms with Crippen LogP contribution in [-0.2, 0) is 6.54 Å². The number of pyridine rings is 2. The van der Waals surface area contributed by atoms with Gasteiger partial charge in [-0.05, 0) is 40.2 Å². The Bertz CT molecular complexity index is 1010. The molecule has 1 fully saturated rings. The molecular weight excluding hydrogens is 459 g/mol. The Hall–Kier alpha value is -2.43. The number of piperazine rings is 1. The summed E-state index contributed by atoms with van der Waals surface area (Å²) in [5.74, 6) is -0.127. The van der Waals surface area contributed by atoms with Gasteiger partial charge in [0, 0.05) is 32.7 Å². The molecule has 7 nitrogen and oxygen atoms in total. The van der Waals surface area contributed by atoms with Crippen molar-refractivity contribution in [3.8, 4) is 0 Å². The number of carbonyl (C=O) groups excluding carboxylic acids is 1. The monoisotopic (exact) mass is 476 g/mol. The van der Waals surface area contributed by atoms with E-state index in [1.165, 1.54) is 23.5 Å². The molecule has 0 unspecified atom stereocenters. The molecular formula is C19H18BrFN6OS. The number of hydrogen-bond acceptors (Lipinski definition) is 7. The number of anilines is 2. The molecule has 0 aromatic carbocycles. The molecule has 1 aliphatic rings. The lowest BCUT2D eigenvalue weighted by molar-refractivity contribution is 0.0620. The number of halogens is 2. The zero-order valence-corrected chi connectivity index (χ0v) is 17.8. The van der Waals surface area contributed by atoms with Gasteiger partial charge in [-0.3, -0.25) is 9.69 Å². The van der Waals surface area contributed by atoms with Crippen LogP contribution in [0, 0.1) is 5.95 Å². The van der Waals surface area contributed by atoms with Crippen LogP contribution in [0.5, 0.6) is 0 Å². The summed E-state index contributed by atoms with van der Waals surface area (Å²) in [5, 5.41) is 3.98. The van der Waals surface area contributed by atoms with Crippen molar-refractivity contribution in [3.63, 3.8) is 0 Å². The Morgan fingerprint density at radius 1 is 1.14 bits per heavy atom. The molecule has 0 atom stereocenters. The van der Waals surface area contributed by atoms with Crippen molar-refractivity contribution in [2.45, 2.75) is 6.54 Å². The maximum atomic E-state index is 13.3. The van der Waals surface area contributed by atoms with E-state index in [-0.39, 0.29) is 11.6 Å². The lowest BCUT2D eigenvalue weighted by atomic mass is 10.2. The summed E-state index contributed by atoms with van der Waals surface area (Å²) >= 11 is 4.90. The highest BCUT2D eigenvalue weighted by molar-refractivity contribution is 9.11. The lowest BCUT2D eigenvalue weighted by Gasteiger charge is -2.34.